The molecule has 106 valence electrons. The highest BCUT2D eigenvalue weighted by molar-refractivity contribution is 5.77. The highest BCUT2D eigenvalue weighted by Gasteiger charge is 2.29. The molecule has 19 heavy (non-hydrogen) atoms. The molecule has 1 heterocycles. The maximum absolute atomic E-state index is 12.1. The van der Waals surface area contributed by atoms with Gasteiger partial charge in [0, 0.05) is 18.8 Å². The maximum Gasteiger partial charge on any atom is 0.327 e. The van der Waals surface area contributed by atoms with E-state index in [0.29, 0.717) is 17.4 Å². The Morgan fingerprint density at radius 1 is 1.42 bits per heavy atom. The molecule has 1 saturated carbocycles. The Morgan fingerprint density at radius 2 is 2.05 bits per heavy atom. The molecule has 1 aromatic rings. The second kappa shape index (κ2) is 5.74. The van der Waals surface area contributed by atoms with E-state index < -0.39 is 6.04 Å². The molecule has 5 nitrogen and oxygen atoms in total. The summed E-state index contributed by atoms with van der Waals surface area (Å²) in [6.45, 7) is 4.41. The topological polar surface area (TPSA) is 70.1 Å². The number of nitrogens with zero attached hydrogens (tertiary/aromatic N) is 2. The van der Waals surface area contributed by atoms with Crippen LogP contribution in [-0.4, -0.2) is 21.9 Å². The van der Waals surface area contributed by atoms with Crippen LogP contribution in [0.2, 0.25) is 0 Å². The number of hydrogen-bond acceptors (Lipinski definition) is 4. The molecule has 0 saturated heterocycles. The van der Waals surface area contributed by atoms with Crippen molar-refractivity contribution in [3.05, 3.63) is 18.0 Å². The van der Waals surface area contributed by atoms with E-state index >= 15 is 0 Å². The first-order valence-corrected chi connectivity index (χ1v) is 6.90. The first-order chi connectivity index (χ1) is 8.95. The zero-order valence-corrected chi connectivity index (χ0v) is 11.9. The average molecular weight is 265 g/mol. The van der Waals surface area contributed by atoms with Crippen molar-refractivity contribution in [3.8, 4) is 0 Å². The largest absolute Gasteiger partial charge is 0.461 e. The van der Waals surface area contributed by atoms with Crippen LogP contribution in [0.25, 0.3) is 0 Å². The van der Waals surface area contributed by atoms with Crippen LogP contribution in [0, 0.1) is 11.8 Å². The number of aromatic nitrogens is 2. The molecule has 0 aromatic carbocycles. The van der Waals surface area contributed by atoms with Gasteiger partial charge in [0.05, 0.1) is 6.20 Å². The third kappa shape index (κ3) is 3.56. The number of nitrogens with two attached hydrogens (primary N) is 1. The van der Waals surface area contributed by atoms with Gasteiger partial charge in [-0.05, 0) is 31.1 Å². The van der Waals surface area contributed by atoms with E-state index in [4.69, 9.17) is 10.5 Å². The van der Waals surface area contributed by atoms with Crippen molar-refractivity contribution >= 4 is 5.97 Å². The van der Waals surface area contributed by atoms with Gasteiger partial charge in [-0.2, -0.15) is 5.10 Å². The highest BCUT2D eigenvalue weighted by Crippen LogP contribution is 2.31. The molecule has 3 atom stereocenters. The number of esters is 1. The van der Waals surface area contributed by atoms with Gasteiger partial charge in [-0.25, -0.2) is 4.79 Å². The van der Waals surface area contributed by atoms with Gasteiger partial charge in [-0.1, -0.05) is 13.8 Å². The molecular formula is C14H23N3O2. The zero-order valence-electron chi connectivity index (χ0n) is 11.9. The van der Waals surface area contributed by atoms with Gasteiger partial charge < -0.3 is 10.5 Å². The number of aryl methyl sites for hydroxylation is 1. The fourth-order valence-corrected chi connectivity index (χ4v) is 2.94. The Bertz CT molecular complexity index is 434. The third-order valence-electron chi connectivity index (χ3n) is 3.76. The van der Waals surface area contributed by atoms with E-state index in [2.05, 4.69) is 18.9 Å². The summed E-state index contributed by atoms with van der Waals surface area (Å²) in [5.41, 5.74) is 6.61. The molecular weight excluding hydrogens is 242 g/mol. The van der Waals surface area contributed by atoms with Crippen LogP contribution in [0.1, 0.15) is 44.7 Å². The van der Waals surface area contributed by atoms with Crippen molar-refractivity contribution in [3.63, 3.8) is 0 Å². The van der Waals surface area contributed by atoms with Crippen LogP contribution in [0.3, 0.4) is 0 Å². The van der Waals surface area contributed by atoms with Crippen molar-refractivity contribution in [2.24, 2.45) is 24.6 Å². The van der Waals surface area contributed by atoms with Gasteiger partial charge >= 0.3 is 5.97 Å². The van der Waals surface area contributed by atoms with Crippen molar-refractivity contribution in [1.82, 2.24) is 9.78 Å². The normalized spacial score (nSPS) is 28.9. The van der Waals surface area contributed by atoms with Crippen molar-refractivity contribution in [1.29, 1.82) is 0 Å². The van der Waals surface area contributed by atoms with Gasteiger partial charge in [-0.15, -0.1) is 0 Å². The summed E-state index contributed by atoms with van der Waals surface area (Å²) in [6.07, 6.45) is 6.46. The average Bonchev–Trinajstić information content (AvgIpc) is 2.73. The molecule has 1 aliphatic carbocycles. The van der Waals surface area contributed by atoms with Gasteiger partial charge in [0.2, 0.25) is 0 Å². The number of hydrogen-bond donors (Lipinski definition) is 1. The lowest BCUT2D eigenvalue weighted by Gasteiger charge is -2.31. The van der Waals surface area contributed by atoms with Gasteiger partial charge in [0.1, 0.15) is 12.1 Å². The Labute approximate surface area is 114 Å². The molecule has 1 fully saturated rings. The van der Waals surface area contributed by atoms with Gasteiger partial charge in [0.15, 0.2) is 0 Å². The number of carbonyl (C=O) groups excluding carboxylic acids is 1. The van der Waals surface area contributed by atoms with E-state index in [1.807, 2.05) is 0 Å². The molecule has 2 N–H and O–H groups in total. The second-order valence-corrected chi connectivity index (χ2v) is 5.90. The van der Waals surface area contributed by atoms with E-state index in [0.717, 1.165) is 12.8 Å². The summed E-state index contributed by atoms with van der Waals surface area (Å²) >= 11 is 0. The lowest BCUT2D eigenvalue weighted by atomic mass is 9.82. The van der Waals surface area contributed by atoms with Gasteiger partial charge in [0.25, 0.3) is 0 Å². The first kappa shape index (κ1) is 14.1. The van der Waals surface area contributed by atoms with Crippen molar-refractivity contribution in [2.45, 2.75) is 45.3 Å². The fourth-order valence-electron chi connectivity index (χ4n) is 2.94. The molecule has 0 amide bonds. The molecule has 0 radical (unpaired) electrons. The molecule has 0 spiro atoms. The second-order valence-electron chi connectivity index (χ2n) is 5.90. The highest BCUT2D eigenvalue weighted by atomic mass is 16.5. The molecule has 1 aliphatic rings. The summed E-state index contributed by atoms with van der Waals surface area (Å²) in [5.74, 6) is 0.867. The Hall–Kier alpha value is -1.36. The molecule has 5 heteroatoms. The molecule has 1 aromatic heterocycles. The summed E-state index contributed by atoms with van der Waals surface area (Å²) < 4.78 is 7.19. The van der Waals surface area contributed by atoms with Gasteiger partial charge in [-0.3, -0.25) is 4.68 Å². The number of rotatable bonds is 3. The minimum atomic E-state index is -0.735. The monoisotopic (exact) mass is 265 g/mol. The van der Waals surface area contributed by atoms with E-state index in [1.54, 1.807) is 24.1 Å². The minimum absolute atomic E-state index is 0.00831. The predicted molar refractivity (Wildman–Crippen MR) is 72.2 cm³/mol. The standard InChI is InChI=1S/C14H23N3O2/c1-9-4-10(2)6-12(5-9)19-14(18)13(15)11-7-16-17(3)8-11/h7-10,12-13H,4-6,15H2,1-3H3. The predicted octanol–water partition coefficient (Wildman–Crippen LogP) is 1.79. The number of carbonyl (C=O) groups is 1. The summed E-state index contributed by atoms with van der Waals surface area (Å²) in [4.78, 5) is 12.1. The molecule has 0 bridgehead atoms. The molecule has 0 aliphatic heterocycles. The maximum atomic E-state index is 12.1. The SMILES string of the molecule is CC1CC(C)CC(OC(=O)C(N)c2cnn(C)c2)C1. The number of ether oxygens (including phenoxy) is 1. The Morgan fingerprint density at radius 3 is 2.58 bits per heavy atom. The summed E-state index contributed by atoms with van der Waals surface area (Å²) in [7, 11) is 1.80. The minimum Gasteiger partial charge on any atom is -0.461 e. The van der Waals surface area contributed by atoms with Crippen LogP contribution >= 0.6 is 0 Å². The fraction of sp³-hybridized carbons (Fsp3) is 0.714. The smallest absolute Gasteiger partial charge is 0.327 e. The Balaban J connectivity index is 1.93. The van der Waals surface area contributed by atoms with Crippen LogP contribution in [-0.2, 0) is 16.6 Å². The van der Waals surface area contributed by atoms with Crippen LogP contribution < -0.4 is 5.73 Å². The Kier molecular flexibility index (Phi) is 4.24. The lowest BCUT2D eigenvalue weighted by molar-refractivity contribution is -0.153. The molecule has 2 rings (SSSR count). The summed E-state index contributed by atoms with van der Waals surface area (Å²) in [6, 6.07) is -0.735. The van der Waals surface area contributed by atoms with E-state index in [1.165, 1.54) is 6.42 Å². The van der Waals surface area contributed by atoms with E-state index in [-0.39, 0.29) is 12.1 Å². The van der Waals surface area contributed by atoms with Crippen molar-refractivity contribution < 1.29 is 9.53 Å². The first-order valence-electron chi connectivity index (χ1n) is 6.90. The quantitative estimate of drug-likeness (QED) is 0.846. The van der Waals surface area contributed by atoms with Crippen LogP contribution in [0.5, 0.6) is 0 Å². The van der Waals surface area contributed by atoms with E-state index in [9.17, 15) is 4.79 Å². The third-order valence-corrected chi connectivity index (χ3v) is 3.76. The molecule has 3 unspecified atom stereocenters. The lowest BCUT2D eigenvalue weighted by Crippen LogP contribution is -2.32. The van der Waals surface area contributed by atoms with Crippen LogP contribution in [0.15, 0.2) is 12.4 Å². The summed E-state index contributed by atoms with van der Waals surface area (Å²) in [5, 5.41) is 4.02. The zero-order chi connectivity index (χ0) is 14.0. The van der Waals surface area contributed by atoms with Crippen LogP contribution in [0.4, 0.5) is 0 Å². The van der Waals surface area contributed by atoms with Crippen molar-refractivity contribution in [2.75, 3.05) is 0 Å².